The lowest BCUT2D eigenvalue weighted by Crippen LogP contribution is -2.70. The molecule has 1 N–H and O–H groups in total. The second-order valence-corrected chi connectivity index (χ2v) is 10.4. The van der Waals surface area contributed by atoms with Crippen molar-refractivity contribution in [2.75, 3.05) is 0 Å². The molecule has 2 heterocycles. The maximum atomic E-state index is 9.84. The third-order valence-corrected chi connectivity index (χ3v) is 7.04. The molecule has 0 radical (unpaired) electrons. The van der Waals surface area contributed by atoms with E-state index in [1.165, 1.54) is 16.9 Å². The summed E-state index contributed by atoms with van der Waals surface area (Å²) in [7, 11) is -4.94. The smallest absolute Gasteiger partial charge is 0.278 e. The van der Waals surface area contributed by atoms with Gasteiger partial charge in [-0.15, -0.1) is 10.2 Å². The second kappa shape index (κ2) is 10.5. The van der Waals surface area contributed by atoms with Gasteiger partial charge in [0.15, 0.2) is 0 Å². The van der Waals surface area contributed by atoms with E-state index in [2.05, 4.69) is 24.1 Å². The van der Waals surface area contributed by atoms with Crippen molar-refractivity contribution < 1.29 is 38.3 Å². The fraction of sp³-hybridized carbons (Fsp3) is 0.200. The van der Waals surface area contributed by atoms with E-state index in [4.69, 9.17) is 34.7 Å². The van der Waals surface area contributed by atoms with Crippen LogP contribution in [0.4, 0.5) is 5.00 Å². The second-order valence-electron chi connectivity index (χ2n) is 8.06. The molecule has 2 aromatic carbocycles. The van der Waals surface area contributed by atoms with Crippen molar-refractivity contribution in [3.63, 3.8) is 0 Å². The Morgan fingerprint density at radius 2 is 1.71 bits per heavy atom. The predicted octanol–water partition coefficient (Wildman–Crippen LogP) is 0.431. The van der Waals surface area contributed by atoms with Crippen molar-refractivity contribution in [2.24, 2.45) is 0 Å². The van der Waals surface area contributed by atoms with Crippen LogP contribution in [0.2, 0.25) is 5.02 Å². The highest BCUT2D eigenvalue weighted by Gasteiger charge is 2.24. The molecule has 5 rings (SSSR count). The fourth-order valence-electron chi connectivity index (χ4n) is 4.05. The quantitative estimate of drug-likeness (QED) is 0.398. The van der Waals surface area contributed by atoms with Crippen LogP contribution in [0.5, 0.6) is 0 Å². The molecule has 0 saturated carbocycles. The summed E-state index contributed by atoms with van der Waals surface area (Å²) in [6, 6.07) is 18.3. The molecule has 0 saturated heterocycles. The number of nitriles is 1. The molecule has 0 fully saturated rings. The molecule has 180 valence electrons. The van der Waals surface area contributed by atoms with Gasteiger partial charge in [0.25, 0.3) is 5.00 Å². The molecule has 7 nitrogen and oxygen atoms in total. The number of benzene rings is 2. The van der Waals surface area contributed by atoms with Crippen molar-refractivity contribution >= 4 is 38.9 Å². The SMILES string of the molecule is Cc1ccc2oc(-c3ccc(Cl)cc3)c/c(=[NH+]\c3sc4c(c3C#N)CCCC4)c2c1.[O-][Cl+3]([O-])([O-])[O-]. The molecule has 1 aliphatic carbocycles. The van der Waals surface area contributed by atoms with Crippen LogP contribution >= 0.6 is 22.9 Å². The lowest BCUT2D eigenvalue weighted by atomic mass is 9.96. The Morgan fingerprint density at radius 3 is 2.40 bits per heavy atom. The summed E-state index contributed by atoms with van der Waals surface area (Å²) in [5, 5.41) is 13.4. The largest absolute Gasteiger partial charge is 0.456 e. The van der Waals surface area contributed by atoms with Crippen LogP contribution in [-0.2, 0) is 12.8 Å². The standard InChI is InChI=1S/C25H19ClN2OS.ClHO4/c1-15-6-11-22-19(12-15)21(13-23(29-22)16-7-9-17(26)10-8-16)28-25-20(14-27)18-4-2-3-5-24(18)30-25;2-1(3,4)5/h6-13H,2-5H2,1H3;(H,2,3,4,5)/b28-21+;. The molecule has 1 aliphatic rings. The monoisotopic (exact) mass is 530 g/mol. The average molecular weight is 531 g/mol. The number of halogens is 2. The predicted molar refractivity (Wildman–Crippen MR) is 121 cm³/mol. The first kappa shape index (κ1) is 25.4. The minimum Gasteiger partial charge on any atom is -0.456 e. The van der Waals surface area contributed by atoms with E-state index in [-0.39, 0.29) is 0 Å². The van der Waals surface area contributed by atoms with Crippen molar-refractivity contribution in [3.8, 4) is 17.4 Å². The van der Waals surface area contributed by atoms with Gasteiger partial charge in [0.05, 0.1) is 11.5 Å². The Bertz CT molecular complexity index is 1480. The molecule has 0 spiro atoms. The molecule has 10 heteroatoms. The maximum Gasteiger partial charge on any atom is 0.278 e. The summed E-state index contributed by atoms with van der Waals surface area (Å²) < 4.78 is 40.2. The van der Waals surface area contributed by atoms with Gasteiger partial charge >= 0.3 is 0 Å². The van der Waals surface area contributed by atoms with Crippen molar-refractivity contribution in [3.05, 3.63) is 80.5 Å². The number of hydrogen-bond donors (Lipinski definition) is 1. The Morgan fingerprint density at radius 1 is 1.03 bits per heavy atom. The van der Waals surface area contributed by atoms with E-state index in [1.54, 1.807) is 11.3 Å². The Labute approximate surface area is 212 Å². The number of hydrogen-bond acceptors (Lipinski definition) is 7. The van der Waals surface area contributed by atoms with Crippen molar-refractivity contribution in [2.45, 2.75) is 32.6 Å². The molecule has 2 aromatic heterocycles. The van der Waals surface area contributed by atoms with E-state index in [0.717, 1.165) is 63.0 Å². The number of thiophene rings is 1. The third-order valence-electron chi connectivity index (χ3n) is 5.58. The summed E-state index contributed by atoms with van der Waals surface area (Å²) in [4.78, 5) is 4.93. The molecular formula is C25H20Cl2N2O5S. The molecule has 0 bridgehead atoms. The number of rotatable bonds is 2. The van der Waals surface area contributed by atoms with Crippen LogP contribution in [0.15, 0.2) is 52.9 Å². The molecule has 0 amide bonds. The minimum absolute atomic E-state index is 0.691. The van der Waals surface area contributed by atoms with Gasteiger partial charge in [-0.3, -0.25) is 0 Å². The maximum absolute atomic E-state index is 9.84. The molecule has 4 aromatic rings. The topological polar surface area (TPSA) is 143 Å². The number of nitrogens with zero attached hydrogens (tertiary/aromatic N) is 1. The average Bonchev–Trinajstić information content (AvgIpc) is 3.15. The zero-order chi connectivity index (χ0) is 25.2. The highest BCUT2D eigenvalue weighted by atomic mass is 35.7. The van der Waals surface area contributed by atoms with E-state index in [9.17, 15) is 5.26 Å². The van der Waals surface area contributed by atoms with Crippen molar-refractivity contribution in [1.29, 1.82) is 5.26 Å². The van der Waals surface area contributed by atoms with Crippen LogP contribution < -0.4 is 29.0 Å². The first-order valence-electron chi connectivity index (χ1n) is 10.7. The number of aryl methyl sites for hydroxylation is 2. The van der Waals surface area contributed by atoms with Gasteiger partial charge in [-0.25, -0.2) is 18.6 Å². The molecule has 0 aliphatic heterocycles. The summed E-state index contributed by atoms with van der Waals surface area (Å²) >= 11 is 7.78. The molecule has 0 unspecified atom stereocenters. The van der Waals surface area contributed by atoms with Gasteiger partial charge in [-0.05, 0) is 74.6 Å². The van der Waals surface area contributed by atoms with E-state index in [1.807, 2.05) is 42.5 Å². The van der Waals surface area contributed by atoms with Gasteiger partial charge in [-0.2, -0.15) is 10.3 Å². The van der Waals surface area contributed by atoms with Crippen LogP contribution in [0, 0.1) is 28.5 Å². The van der Waals surface area contributed by atoms with E-state index < -0.39 is 10.2 Å². The van der Waals surface area contributed by atoms with Gasteiger partial charge in [0, 0.05) is 15.5 Å². The van der Waals surface area contributed by atoms with Crippen LogP contribution in [-0.4, -0.2) is 0 Å². The van der Waals surface area contributed by atoms with Gasteiger partial charge in [0.1, 0.15) is 23.0 Å². The lowest BCUT2D eigenvalue weighted by molar-refractivity contribution is -2.00. The van der Waals surface area contributed by atoms with Crippen molar-refractivity contribution in [1.82, 2.24) is 0 Å². The molecule has 35 heavy (non-hydrogen) atoms. The summed E-state index contributed by atoms with van der Waals surface area (Å²) in [5.74, 6) is 0.755. The van der Waals surface area contributed by atoms with Gasteiger partial charge in [-0.1, -0.05) is 34.6 Å². The highest BCUT2D eigenvalue weighted by molar-refractivity contribution is 7.15. The number of fused-ring (bicyclic) bond motifs is 2. The third kappa shape index (κ3) is 6.28. The Hall–Kier alpha value is -2.74. The van der Waals surface area contributed by atoms with Gasteiger partial charge in [0.2, 0.25) is 5.36 Å². The lowest BCUT2D eigenvalue weighted by Gasteiger charge is -2.17. The van der Waals surface area contributed by atoms with Crippen LogP contribution in [0.3, 0.4) is 0 Å². The Kier molecular flexibility index (Phi) is 7.59. The van der Waals surface area contributed by atoms with Crippen LogP contribution in [0.25, 0.3) is 22.3 Å². The zero-order valence-electron chi connectivity index (χ0n) is 18.6. The zero-order valence-corrected chi connectivity index (χ0v) is 20.9. The summed E-state index contributed by atoms with van der Waals surface area (Å²) in [6.45, 7) is 2.07. The summed E-state index contributed by atoms with van der Waals surface area (Å²) in [5.41, 5.74) is 4.94. The minimum atomic E-state index is -4.94. The van der Waals surface area contributed by atoms with E-state index in [0.29, 0.717) is 5.02 Å². The highest BCUT2D eigenvalue weighted by Crippen LogP contribution is 2.34. The summed E-state index contributed by atoms with van der Waals surface area (Å²) in [6.07, 6.45) is 4.42. The first-order chi connectivity index (χ1) is 16.6. The molecular weight excluding hydrogens is 511 g/mol. The normalized spacial score (nSPS) is 13.7. The first-order valence-corrected chi connectivity index (χ1v) is 13.1. The molecule has 0 atom stereocenters. The van der Waals surface area contributed by atoms with Gasteiger partial charge < -0.3 is 4.42 Å². The van der Waals surface area contributed by atoms with E-state index >= 15 is 0 Å². The number of nitrogens with one attached hydrogen (secondary N) is 1. The fourth-order valence-corrected chi connectivity index (χ4v) is 5.43. The Balaban J connectivity index is 0.000000527. The van der Waals surface area contributed by atoms with Crippen LogP contribution in [0.1, 0.15) is 34.4 Å².